The molecular weight excluding hydrogens is 158 g/mol. The van der Waals surface area contributed by atoms with Gasteiger partial charge in [0.1, 0.15) is 5.84 Å². The summed E-state index contributed by atoms with van der Waals surface area (Å²) >= 11 is 1.54. The average Bonchev–Trinajstić information content (AvgIpc) is 2.39. The molecule has 0 radical (unpaired) electrons. The Bertz CT molecular complexity index is 238. The maximum Gasteiger partial charge on any atom is 0.210 e. The summed E-state index contributed by atoms with van der Waals surface area (Å²) in [6, 6.07) is 0. The molecule has 0 amide bonds. The Balaban J connectivity index is 2.74. The van der Waals surface area contributed by atoms with Crippen LogP contribution in [0.15, 0.2) is 16.6 Å². The van der Waals surface area contributed by atoms with Crippen LogP contribution in [0.5, 0.6) is 0 Å². The molecule has 1 aromatic rings. The quantitative estimate of drug-likeness (QED) is 0.473. The Kier molecular flexibility index (Phi) is 2.59. The SMILES string of the molecule is C/C(=N\c1nccs1)N(C)C. The predicted octanol–water partition coefficient (Wildman–Crippen LogP) is 1.75. The van der Waals surface area contributed by atoms with E-state index in [0.29, 0.717) is 0 Å². The van der Waals surface area contributed by atoms with Gasteiger partial charge in [-0.2, -0.15) is 0 Å². The maximum absolute atomic E-state index is 4.27. The molecule has 0 spiro atoms. The average molecular weight is 169 g/mol. The summed E-state index contributed by atoms with van der Waals surface area (Å²) in [5, 5.41) is 2.73. The molecule has 0 atom stereocenters. The summed E-state index contributed by atoms with van der Waals surface area (Å²) < 4.78 is 0. The van der Waals surface area contributed by atoms with Crippen molar-refractivity contribution in [2.45, 2.75) is 6.92 Å². The lowest BCUT2D eigenvalue weighted by Crippen LogP contribution is -2.17. The first-order valence-electron chi connectivity index (χ1n) is 3.32. The van der Waals surface area contributed by atoms with Gasteiger partial charge in [0.15, 0.2) is 0 Å². The maximum atomic E-state index is 4.27. The first-order chi connectivity index (χ1) is 5.20. The molecule has 0 saturated heterocycles. The van der Waals surface area contributed by atoms with Crippen molar-refractivity contribution < 1.29 is 0 Å². The Hall–Kier alpha value is -0.900. The highest BCUT2D eigenvalue weighted by molar-refractivity contribution is 7.13. The Morgan fingerprint density at radius 3 is 2.82 bits per heavy atom. The molecule has 60 valence electrons. The van der Waals surface area contributed by atoms with Crippen LogP contribution in [-0.2, 0) is 0 Å². The second kappa shape index (κ2) is 3.48. The Labute approximate surface area is 70.4 Å². The molecule has 4 heteroatoms. The zero-order valence-corrected chi connectivity index (χ0v) is 7.72. The number of rotatable bonds is 1. The fraction of sp³-hybridized carbons (Fsp3) is 0.429. The van der Waals surface area contributed by atoms with E-state index < -0.39 is 0 Å². The van der Waals surface area contributed by atoms with Gasteiger partial charge in [-0.25, -0.2) is 9.98 Å². The van der Waals surface area contributed by atoms with Crippen LogP contribution in [0.25, 0.3) is 0 Å². The van der Waals surface area contributed by atoms with E-state index in [9.17, 15) is 0 Å². The summed E-state index contributed by atoms with van der Waals surface area (Å²) in [5.41, 5.74) is 0. The van der Waals surface area contributed by atoms with Crippen molar-refractivity contribution in [2.75, 3.05) is 14.1 Å². The number of aromatic nitrogens is 1. The lowest BCUT2D eigenvalue weighted by molar-refractivity contribution is 0.619. The molecule has 1 heterocycles. The monoisotopic (exact) mass is 169 g/mol. The largest absolute Gasteiger partial charge is 0.366 e. The van der Waals surface area contributed by atoms with Crippen molar-refractivity contribution >= 4 is 22.3 Å². The third-order valence-electron chi connectivity index (χ3n) is 1.32. The highest BCUT2D eigenvalue weighted by Gasteiger charge is 1.94. The minimum absolute atomic E-state index is 0.816. The van der Waals surface area contributed by atoms with E-state index in [1.165, 1.54) is 0 Å². The van der Waals surface area contributed by atoms with E-state index in [1.54, 1.807) is 17.5 Å². The number of aliphatic imine (C=N–C) groups is 1. The van der Waals surface area contributed by atoms with Crippen molar-refractivity contribution in [1.82, 2.24) is 9.88 Å². The molecule has 0 aliphatic heterocycles. The van der Waals surface area contributed by atoms with Crippen molar-refractivity contribution in [3.63, 3.8) is 0 Å². The number of thiazole rings is 1. The fourth-order valence-electron chi connectivity index (χ4n) is 0.510. The molecule has 0 fully saturated rings. The lowest BCUT2D eigenvalue weighted by Gasteiger charge is -2.09. The smallest absolute Gasteiger partial charge is 0.210 e. The van der Waals surface area contributed by atoms with E-state index >= 15 is 0 Å². The summed E-state index contributed by atoms with van der Waals surface area (Å²) in [7, 11) is 3.93. The van der Waals surface area contributed by atoms with Gasteiger partial charge in [-0.05, 0) is 6.92 Å². The van der Waals surface area contributed by atoms with Crippen LogP contribution in [-0.4, -0.2) is 29.8 Å². The molecule has 0 aliphatic rings. The highest BCUT2D eigenvalue weighted by Crippen LogP contribution is 2.14. The normalized spacial score (nSPS) is 11.7. The second-order valence-corrected chi connectivity index (χ2v) is 3.24. The highest BCUT2D eigenvalue weighted by atomic mass is 32.1. The van der Waals surface area contributed by atoms with Crippen molar-refractivity contribution in [3.05, 3.63) is 11.6 Å². The van der Waals surface area contributed by atoms with Gasteiger partial charge in [0, 0.05) is 25.7 Å². The number of nitrogens with zero attached hydrogens (tertiary/aromatic N) is 3. The molecule has 1 rings (SSSR count). The van der Waals surface area contributed by atoms with Crippen LogP contribution in [0.3, 0.4) is 0 Å². The van der Waals surface area contributed by atoms with Gasteiger partial charge in [-0.1, -0.05) is 0 Å². The van der Waals surface area contributed by atoms with Gasteiger partial charge in [-0.3, -0.25) is 0 Å². The van der Waals surface area contributed by atoms with Crippen LogP contribution in [0, 0.1) is 0 Å². The van der Waals surface area contributed by atoms with Crippen LogP contribution in [0.2, 0.25) is 0 Å². The first kappa shape index (κ1) is 8.20. The van der Waals surface area contributed by atoms with Gasteiger partial charge in [0.25, 0.3) is 0 Å². The van der Waals surface area contributed by atoms with E-state index in [4.69, 9.17) is 0 Å². The molecular formula is C7H11N3S. The Morgan fingerprint density at radius 2 is 2.36 bits per heavy atom. The van der Waals surface area contributed by atoms with Crippen LogP contribution < -0.4 is 0 Å². The minimum Gasteiger partial charge on any atom is -0.366 e. The standard InChI is InChI=1S/C7H11N3S/c1-6(10(2)3)9-7-8-4-5-11-7/h4-5H,1-3H3/b9-6+. The van der Waals surface area contributed by atoms with Crippen LogP contribution in [0.4, 0.5) is 5.13 Å². The minimum atomic E-state index is 0.816. The number of amidine groups is 1. The number of hydrogen-bond acceptors (Lipinski definition) is 3. The summed E-state index contributed by atoms with van der Waals surface area (Å²) in [4.78, 5) is 10.3. The lowest BCUT2D eigenvalue weighted by atomic mass is 10.6. The molecule has 0 aromatic carbocycles. The zero-order valence-electron chi connectivity index (χ0n) is 6.90. The van der Waals surface area contributed by atoms with Gasteiger partial charge < -0.3 is 4.90 Å². The fourth-order valence-corrected chi connectivity index (χ4v) is 1.06. The molecule has 0 bridgehead atoms. The molecule has 0 N–H and O–H groups in total. The molecule has 11 heavy (non-hydrogen) atoms. The van der Waals surface area contributed by atoms with Gasteiger partial charge in [0.05, 0.1) is 0 Å². The molecule has 0 saturated carbocycles. The summed E-state index contributed by atoms with van der Waals surface area (Å²) in [6.07, 6.45) is 1.76. The topological polar surface area (TPSA) is 28.5 Å². The van der Waals surface area contributed by atoms with Gasteiger partial charge in [-0.15, -0.1) is 11.3 Å². The zero-order chi connectivity index (χ0) is 8.27. The molecule has 0 unspecified atom stereocenters. The van der Waals surface area contributed by atoms with Crippen LogP contribution in [0.1, 0.15) is 6.92 Å². The molecule has 3 nitrogen and oxygen atoms in total. The molecule has 1 aromatic heterocycles. The third kappa shape index (κ3) is 2.31. The second-order valence-electron chi connectivity index (χ2n) is 2.37. The summed E-state index contributed by atoms with van der Waals surface area (Å²) in [6.45, 7) is 1.96. The Morgan fingerprint density at radius 1 is 1.64 bits per heavy atom. The summed E-state index contributed by atoms with van der Waals surface area (Å²) in [5.74, 6) is 0.972. The van der Waals surface area contributed by atoms with E-state index in [0.717, 1.165) is 11.0 Å². The van der Waals surface area contributed by atoms with E-state index in [2.05, 4.69) is 9.98 Å². The number of hydrogen-bond donors (Lipinski definition) is 0. The van der Waals surface area contributed by atoms with E-state index in [1.807, 2.05) is 31.3 Å². The first-order valence-corrected chi connectivity index (χ1v) is 4.20. The van der Waals surface area contributed by atoms with Crippen molar-refractivity contribution in [2.24, 2.45) is 4.99 Å². The predicted molar refractivity (Wildman–Crippen MR) is 48.6 cm³/mol. The molecule has 0 aliphatic carbocycles. The van der Waals surface area contributed by atoms with Crippen molar-refractivity contribution in [1.29, 1.82) is 0 Å². The van der Waals surface area contributed by atoms with Crippen LogP contribution >= 0.6 is 11.3 Å². The van der Waals surface area contributed by atoms with Gasteiger partial charge >= 0.3 is 0 Å². The third-order valence-corrected chi connectivity index (χ3v) is 1.99. The van der Waals surface area contributed by atoms with E-state index in [-0.39, 0.29) is 0 Å². The van der Waals surface area contributed by atoms with Gasteiger partial charge in [0.2, 0.25) is 5.13 Å². The van der Waals surface area contributed by atoms with Crippen molar-refractivity contribution in [3.8, 4) is 0 Å².